The third-order valence-corrected chi connectivity index (χ3v) is 4.07. The van der Waals surface area contributed by atoms with Crippen molar-refractivity contribution in [2.45, 2.75) is 32.2 Å². The van der Waals surface area contributed by atoms with Crippen LogP contribution >= 0.6 is 12.4 Å². The van der Waals surface area contributed by atoms with Gasteiger partial charge in [0.15, 0.2) is 0 Å². The van der Waals surface area contributed by atoms with Crippen LogP contribution in [0.25, 0.3) is 0 Å². The molecule has 1 aromatic carbocycles. The highest BCUT2D eigenvalue weighted by atomic mass is 35.5. The quantitative estimate of drug-likeness (QED) is 0.898. The number of carbonyl (C=O) groups is 1. The smallest absolute Gasteiger partial charge is 0.222 e. The zero-order valence-electron chi connectivity index (χ0n) is 12.8. The van der Waals surface area contributed by atoms with Crippen LogP contribution in [0.1, 0.15) is 31.2 Å². The van der Waals surface area contributed by atoms with Crippen molar-refractivity contribution >= 4 is 18.3 Å². The first-order valence-electron chi connectivity index (χ1n) is 7.45. The van der Waals surface area contributed by atoms with Crippen LogP contribution in [0.5, 0.6) is 0 Å². The monoisotopic (exact) mass is 332 g/mol. The first kappa shape index (κ1) is 18.8. The maximum atomic E-state index is 13.6. The van der Waals surface area contributed by atoms with E-state index < -0.39 is 11.6 Å². The fourth-order valence-corrected chi connectivity index (χ4v) is 2.68. The van der Waals surface area contributed by atoms with Crippen LogP contribution in [-0.4, -0.2) is 30.9 Å². The molecule has 1 amide bonds. The van der Waals surface area contributed by atoms with E-state index in [1.165, 1.54) is 17.0 Å². The molecule has 0 bridgehead atoms. The maximum Gasteiger partial charge on any atom is 0.222 e. The number of hydrogen-bond donors (Lipinski definition) is 1. The van der Waals surface area contributed by atoms with Crippen LogP contribution in [0.4, 0.5) is 8.78 Å². The molecule has 2 rings (SSSR count). The second kappa shape index (κ2) is 9.06. The van der Waals surface area contributed by atoms with Gasteiger partial charge in [-0.25, -0.2) is 8.78 Å². The summed E-state index contributed by atoms with van der Waals surface area (Å²) in [6, 6.07) is 3.45. The van der Waals surface area contributed by atoms with E-state index in [0.717, 1.165) is 38.4 Å². The van der Waals surface area contributed by atoms with E-state index in [-0.39, 0.29) is 24.9 Å². The van der Waals surface area contributed by atoms with E-state index in [9.17, 15) is 13.6 Å². The molecule has 1 aliphatic heterocycles. The van der Waals surface area contributed by atoms with E-state index in [2.05, 4.69) is 5.32 Å². The second-order valence-electron chi connectivity index (χ2n) is 5.72. The van der Waals surface area contributed by atoms with Gasteiger partial charge in [-0.2, -0.15) is 0 Å². The Kier molecular flexibility index (Phi) is 7.76. The summed E-state index contributed by atoms with van der Waals surface area (Å²) in [4.78, 5) is 13.6. The standard InChI is InChI=1S/C16H22F2N2O.ClH/c1-20(11-13-3-4-14(17)10-15(13)18)16(21)5-2-12-6-8-19-9-7-12;/h3-4,10,12,19H,2,5-9,11H2,1H3;1H. The van der Waals surface area contributed by atoms with Crippen molar-refractivity contribution in [2.24, 2.45) is 5.92 Å². The lowest BCUT2D eigenvalue weighted by molar-refractivity contribution is -0.130. The number of piperidine rings is 1. The number of nitrogens with one attached hydrogen (secondary N) is 1. The molecule has 3 nitrogen and oxygen atoms in total. The van der Waals surface area contributed by atoms with Gasteiger partial charge in [0.25, 0.3) is 0 Å². The maximum absolute atomic E-state index is 13.6. The number of benzene rings is 1. The van der Waals surface area contributed by atoms with Crippen LogP contribution in [0.15, 0.2) is 18.2 Å². The molecule has 0 aliphatic carbocycles. The van der Waals surface area contributed by atoms with Gasteiger partial charge in [-0.15, -0.1) is 12.4 Å². The third-order valence-electron chi connectivity index (χ3n) is 4.07. The van der Waals surface area contributed by atoms with Crippen molar-refractivity contribution in [1.82, 2.24) is 10.2 Å². The van der Waals surface area contributed by atoms with E-state index in [1.54, 1.807) is 7.05 Å². The Balaban J connectivity index is 0.00000242. The summed E-state index contributed by atoms with van der Waals surface area (Å²) in [5, 5.41) is 3.30. The SMILES string of the molecule is CN(Cc1ccc(F)cc1F)C(=O)CCC1CCNCC1.Cl. The van der Waals surface area contributed by atoms with Gasteiger partial charge in [0.05, 0.1) is 0 Å². The van der Waals surface area contributed by atoms with Gasteiger partial charge in [0.1, 0.15) is 11.6 Å². The van der Waals surface area contributed by atoms with E-state index in [0.29, 0.717) is 17.9 Å². The molecule has 1 fully saturated rings. The Morgan fingerprint density at radius 3 is 2.64 bits per heavy atom. The van der Waals surface area contributed by atoms with Crippen molar-refractivity contribution in [3.8, 4) is 0 Å². The highest BCUT2D eigenvalue weighted by Gasteiger charge is 2.17. The van der Waals surface area contributed by atoms with Gasteiger partial charge in [-0.1, -0.05) is 6.07 Å². The summed E-state index contributed by atoms with van der Waals surface area (Å²) < 4.78 is 26.4. The number of nitrogens with zero attached hydrogens (tertiary/aromatic N) is 1. The molecular weight excluding hydrogens is 310 g/mol. The molecule has 0 saturated carbocycles. The van der Waals surface area contributed by atoms with Gasteiger partial charge in [0.2, 0.25) is 5.91 Å². The molecule has 22 heavy (non-hydrogen) atoms. The first-order chi connectivity index (χ1) is 10.1. The molecule has 124 valence electrons. The third kappa shape index (κ3) is 5.54. The summed E-state index contributed by atoms with van der Waals surface area (Å²) in [6.07, 6.45) is 3.61. The number of carbonyl (C=O) groups excluding carboxylic acids is 1. The normalized spacial score (nSPS) is 15.2. The van der Waals surface area contributed by atoms with Gasteiger partial charge < -0.3 is 10.2 Å². The van der Waals surface area contributed by atoms with Crippen molar-refractivity contribution in [1.29, 1.82) is 0 Å². The van der Waals surface area contributed by atoms with Gasteiger partial charge in [0, 0.05) is 31.6 Å². The van der Waals surface area contributed by atoms with Crippen LogP contribution in [-0.2, 0) is 11.3 Å². The summed E-state index contributed by atoms with van der Waals surface area (Å²) in [5.41, 5.74) is 0.342. The zero-order valence-corrected chi connectivity index (χ0v) is 13.6. The zero-order chi connectivity index (χ0) is 15.2. The molecule has 1 aromatic rings. The van der Waals surface area contributed by atoms with Gasteiger partial charge in [-0.3, -0.25) is 4.79 Å². The van der Waals surface area contributed by atoms with Gasteiger partial charge >= 0.3 is 0 Å². The Morgan fingerprint density at radius 2 is 2.00 bits per heavy atom. The highest BCUT2D eigenvalue weighted by Crippen LogP contribution is 2.19. The summed E-state index contributed by atoms with van der Waals surface area (Å²) in [6.45, 7) is 2.22. The van der Waals surface area contributed by atoms with Crippen molar-refractivity contribution in [3.05, 3.63) is 35.4 Å². The largest absolute Gasteiger partial charge is 0.341 e. The number of amides is 1. The predicted octanol–water partition coefficient (Wildman–Crippen LogP) is 3.12. The Hall–Kier alpha value is -1.20. The second-order valence-corrected chi connectivity index (χ2v) is 5.72. The number of hydrogen-bond acceptors (Lipinski definition) is 2. The Bertz CT molecular complexity index is 493. The molecule has 0 unspecified atom stereocenters. The molecule has 1 heterocycles. The van der Waals surface area contributed by atoms with Crippen LogP contribution in [0.2, 0.25) is 0 Å². The summed E-state index contributed by atoms with van der Waals surface area (Å²) >= 11 is 0. The first-order valence-corrected chi connectivity index (χ1v) is 7.45. The molecule has 6 heteroatoms. The molecule has 0 atom stereocenters. The Labute approximate surface area is 136 Å². The van der Waals surface area contributed by atoms with Crippen molar-refractivity contribution in [3.63, 3.8) is 0 Å². The highest BCUT2D eigenvalue weighted by molar-refractivity contribution is 5.85. The lowest BCUT2D eigenvalue weighted by Gasteiger charge is -2.23. The van der Waals surface area contributed by atoms with Crippen molar-refractivity contribution < 1.29 is 13.6 Å². The molecule has 1 aliphatic rings. The predicted molar refractivity (Wildman–Crippen MR) is 84.9 cm³/mol. The molecule has 0 radical (unpaired) electrons. The molecule has 0 aromatic heterocycles. The van der Waals surface area contributed by atoms with E-state index in [4.69, 9.17) is 0 Å². The molecular formula is C16H23ClF2N2O. The topological polar surface area (TPSA) is 32.3 Å². The van der Waals surface area contributed by atoms with Crippen LogP contribution in [0.3, 0.4) is 0 Å². The molecule has 0 spiro atoms. The summed E-state index contributed by atoms with van der Waals surface area (Å²) in [5.74, 6) is -0.590. The van der Waals surface area contributed by atoms with Gasteiger partial charge in [-0.05, 0) is 44.3 Å². The van der Waals surface area contributed by atoms with Crippen LogP contribution < -0.4 is 5.32 Å². The fraction of sp³-hybridized carbons (Fsp3) is 0.562. The van der Waals surface area contributed by atoms with E-state index >= 15 is 0 Å². The lowest BCUT2D eigenvalue weighted by Crippen LogP contribution is -2.30. The minimum absolute atomic E-state index is 0. The number of rotatable bonds is 5. The van der Waals surface area contributed by atoms with Crippen LogP contribution in [0, 0.1) is 17.6 Å². The molecule has 1 saturated heterocycles. The summed E-state index contributed by atoms with van der Waals surface area (Å²) in [7, 11) is 1.66. The average Bonchev–Trinajstić information content (AvgIpc) is 2.48. The minimum Gasteiger partial charge on any atom is -0.341 e. The molecule has 1 N–H and O–H groups in total. The van der Waals surface area contributed by atoms with Crippen molar-refractivity contribution in [2.75, 3.05) is 20.1 Å². The lowest BCUT2D eigenvalue weighted by atomic mass is 9.93. The Morgan fingerprint density at radius 1 is 1.32 bits per heavy atom. The minimum atomic E-state index is -0.604. The number of halogens is 3. The average molecular weight is 333 g/mol. The van der Waals surface area contributed by atoms with E-state index in [1.807, 2.05) is 0 Å². The fourth-order valence-electron chi connectivity index (χ4n) is 2.68.